The van der Waals surface area contributed by atoms with Crippen LogP contribution >= 0.6 is 0 Å². The number of sulfonamides is 1. The maximum absolute atomic E-state index is 12.5. The van der Waals surface area contributed by atoms with E-state index < -0.39 is 10.0 Å². The number of rotatable bonds is 5. The lowest BCUT2D eigenvalue weighted by Gasteiger charge is -2.26. The second kappa shape index (κ2) is 5.42. The van der Waals surface area contributed by atoms with Crippen LogP contribution in [0.4, 0.5) is 0 Å². The van der Waals surface area contributed by atoms with Gasteiger partial charge in [-0.1, -0.05) is 12.8 Å². The molecule has 0 aromatic carbocycles. The van der Waals surface area contributed by atoms with E-state index in [0.29, 0.717) is 4.90 Å². The maximum Gasteiger partial charge on any atom is 0.244 e. The Balaban J connectivity index is 2.28. The Bertz CT molecular complexity index is 489. The van der Waals surface area contributed by atoms with Gasteiger partial charge in [-0.3, -0.25) is 0 Å². The summed E-state index contributed by atoms with van der Waals surface area (Å²) in [5.74, 6) is 0. The summed E-state index contributed by atoms with van der Waals surface area (Å²) in [5.41, 5.74) is 0. The van der Waals surface area contributed by atoms with Crippen molar-refractivity contribution in [2.45, 2.75) is 36.6 Å². The van der Waals surface area contributed by atoms with Crippen LogP contribution in [0.25, 0.3) is 0 Å². The third kappa shape index (κ3) is 2.60. The standard InChI is InChI=1S/C12H20N2O3S/c1-13-7-6-12(10-13)18(16,17)14(8-9-15)11-4-2-3-5-11/h6-7,10-11,15H,2-5,8-9H2,1H3. The highest BCUT2D eigenvalue weighted by atomic mass is 32.2. The molecule has 1 fully saturated rings. The summed E-state index contributed by atoms with van der Waals surface area (Å²) in [6.45, 7) is 0.0461. The molecule has 1 aliphatic rings. The Hall–Kier alpha value is -0.850. The van der Waals surface area contributed by atoms with Gasteiger partial charge < -0.3 is 9.67 Å². The van der Waals surface area contributed by atoms with Gasteiger partial charge in [-0.2, -0.15) is 4.31 Å². The Morgan fingerprint density at radius 1 is 1.44 bits per heavy atom. The quantitative estimate of drug-likeness (QED) is 0.868. The van der Waals surface area contributed by atoms with Gasteiger partial charge in [0.1, 0.15) is 0 Å². The first-order chi connectivity index (χ1) is 8.55. The average molecular weight is 272 g/mol. The summed E-state index contributed by atoms with van der Waals surface area (Å²) in [4.78, 5) is 0.311. The fourth-order valence-corrected chi connectivity index (χ4v) is 4.28. The zero-order chi connectivity index (χ0) is 13.2. The molecule has 102 valence electrons. The molecule has 6 heteroatoms. The Kier molecular flexibility index (Phi) is 4.09. The van der Waals surface area contributed by atoms with E-state index in [9.17, 15) is 8.42 Å². The van der Waals surface area contributed by atoms with E-state index in [1.807, 2.05) is 0 Å². The zero-order valence-corrected chi connectivity index (χ0v) is 11.4. The first-order valence-electron chi connectivity index (χ1n) is 6.30. The molecule has 18 heavy (non-hydrogen) atoms. The zero-order valence-electron chi connectivity index (χ0n) is 10.6. The van der Waals surface area contributed by atoms with Crippen LogP contribution in [0.2, 0.25) is 0 Å². The predicted octanol–water partition coefficient (Wildman–Crippen LogP) is 0.951. The van der Waals surface area contributed by atoms with Crippen LogP contribution in [-0.4, -0.2) is 41.6 Å². The number of aliphatic hydroxyl groups is 1. The molecule has 0 amide bonds. The fraction of sp³-hybridized carbons (Fsp3) is 0.667. The molecule has 0 aliphatic heterocycles. The first kappa shape index (κ1) is 13.6. The summed E-state index contributed by atoms with van der Waals surface area (Å²) in [6.07, 6.45) is 7.25. The van der Waals surface area contributed by atoms with Crippen LogP contribution in [0.3, 0.4) is 0 Å². The maximum atomic E-state index is 12.5. The van der Waals surface area contributed by atoms with E-state index >= 15 is 0 Å². The SMILES string of the molecule is Cn1ccc(S(=O)(=O)N(CCO)C2CCCC2)c1. The monoisotopic (exact) mass is 272 g/mol. The number of nitrogens with zero attached hydrogens (tertiary/aromatic N) is 2. The molecule has 1 aromatic rings. The van der Waals surface area contributed by atoms with Crippen molar-refractivity contribution in [3.63, 3.8) is 0 Å². The van der Waals surface area contributed by atoms with Crippen molar-refractivity contribution in [2.75, 3.05) is 13.2 Å². The lowest BCUT2D eigenvalue weighted by atomic mass is 10.2. The van der Waals surface area contributed by atoms with E-state index in [-0.39, 0.29) is 19.2 Å². The van der Waals surface area contributed by atoms with Crippen molar-refractivity contribution in [1.29, 1.82) is 0 Å². The molecule has 0 bridgehead atoms. The minimum Gasteiger partial charge on any atom is -0.395 e. The number of aryl methyl sites for hydroxylation is 1. The van der Waals surface area contributed by atoms with Crippen LogP contribution in [-0.2, 0) is 17.1 Å². The van der Waals surface area contributed by atoms with Gasteiger partial charge in [0, 0.05) is 32.0 Å². The van der Waals surface area contributed by atoms with Gasteiger partial charge in [-0.25, -0.2) is 8.42 Å². The van der Waals surface area contributed by atoms with Crippen molar-refractivity contribution >= 4 is 10.0 Å². The summed E-state index contributed by atoms with van der Waals surface area (Å²) in [7, 11) is -1.68. The van der Waals surface area contributed by atoms with Gasteiger partial charge in [-0.05, 0) is 18.9 Å². The molecule has 1 saturated carbocycles. The molecule has 0 radical (unpaired) electrons. The third-order valence-electron chi connectivity index (χ3n) is 3.46. The molecule has 0 spiro atoms. The van der Waals surface area contributed by atoms with Crippen molar-refractivity contribution < 1.29 is 13.5 Å². The highest BCUT2D eigenvalue weighted by molar-refractivity contribution is 7.89. The highest BCUT2D eigenvalue weighted by Crippen LogP contribution is 2.28. The third-order valence-corrected chi connectivity index (χ3v) is 5.40. The normalized spacial score (nSPS) is 17.7. The van der Waals surface area contributed by atoms with E-state index in [1.54, 1.807) is 30.1 Å². The molecule has 0 unspecified atom stereocenters. The Labute approximate surface area is 108 Å². The minimum atomic E-state index is -3.47. The molecule has 2 rings (SSSR count). The van der Waals surface area contributed by atoms with Gasteiger partial charge in [0.25, 0.3) is 0 Å². The van der Waals surface area contributed by atoms with Crippen molar-refractivity contribution in [2.24, 2.45) is 7.05 Å². The number of aromatic nitrogens is 1. The second-order valence-corrected chi connectivity index (χ2v) is 6.68. The number of aliphatic hydroxyl groups excluding tert-OH is 1. The van der Waals surface area contributed by atoms with Gasteiger partial charge >= 0.3 is 0 Å². The van der Waals surface area contributed by atoms with Gasteiger partial charge in [0.2, 0.25) is 10.0 Å². The summed E-state index contributed by atoms with van der Waals surface area (Å²) >= 11 is 0. The summed E-state index contributed by atoms with van der Waals surface area (Å²) in [5, 5.41) is 9.10. The Morgan fingerprint density at radius 3 is 2.61 bits per heavy atom. The molecule has 1 heterocycles. The number of hydrogen-bond acceptors (Lipinski definition) is 3. The lowest BCUT2D eigenvalue weighted by Crippen LogP contribution is -2.40. The predicted molar refractivity (Wildman–Crippen MR) is 68.6 cm³/mol. The van der Waals surface area contributed by atoms with Crippen molar-refractivity contribution in [3.05, 3.63) is 18.5 Å². The van der Waals surface area contributed by atoms with Crippen LogP contribution in [0.1, 0.15) is 25.7 Å². The molecule has 0 atom stereocenters. The van der Waals surface area contributed by atoms with Crippen LogP contribution < -0.4 is 0 Å². The molecular weight excluding hydrogens is 252 g/mol. The van der Waals surface area contributed by atoms with Gasteiger partial charge in [0.05, 0.1) is 11.5 Å². The summed E-state index contributed by atoms with van der Waals surface area (Å²) < 4.78 is 28.2. The molecule has 1 aromatic heterocycles. The minimum absolute atomic E-state index is 0.0438. The van der Waals surface area contributed by atoms with Crippen molar-refractivity contribution in [3.8, 4) is 0 Å². The van der Waals surface area contributed by atoms with E-state index in [2.05, 4.69) is 0 Å². The topological polar surface area (TPSA) is 62.5 Å². The van der Waals surface area contributed by atoms with Gasteiger partial charge in [0.15, 0.2) is 0 Å². The Morgan fingerprint density at radius 2 is 2.11 bits per heavy atom. The van der Waals surface area contributed by atoms with E-state index in [0.717, 1.165) is 25.7 Å². The molecule has 1 N–H and O–H groups in total. The molecule has 5 nitrogen and oxygen atoms in total. The largest absolute Gasteiger partial charge is 0.395 e. The van der Waals surface area contributed by atoms with Crippen molar-refractivity contribution in [1.82, 2.24) is 8.87 Å². The molecule has 0 saturated heterocycles. The number of hydrogen-bond donors (Lipinski definition) is 1. The second-order valence-electron chi connectivity index (χ2n) is 4.79. The molecule has 1 aliphatic carbocycles. The smallest absolute Gasteiger partial charge is 0.244 e. The van der Waals surface area contributed by atoms with Crippen LogP contribution in [0, 0.1) is 0 Å². The average Bonchev–Trinajstić information content (AvgIpc) is 2.96. The summed E-state index contributed by atoms with van der Waals surface area (Å²) in [6, 6.07) is 1.65. The molecular formula is C12H20N2O3S. The first-order valence-corrected chi connectivity index (χ1v) is 7.74. The highest BCUT2D eigenvalue weighted by Gasteiger charge is 2.33. The fourth-order valence-electron chi connectivity index (χ4n) is 2.56. The van der Waals surface area contributed by atoms with Crippen LogP contribution in [0.5, 0.6) is 0 Å². The van der Waals surface area contributed by atoms with E-state index in [1.165, 1.54) is 4.31 Å². The van der Waals surface area contributed by atoms with E-state index in [4.69, 9.17) is 5.11 Å². The van der Waals surface area contributed by atoms with Crippen LogP contribution in [0.15, 0.2) is 23.4 Å². The lowest BCUT2D eigenvalue weighted by molar-refractivity contribution is 0.226. The van der Waals surface area contributed by atoms with Gasteiger partial charge in [-0.15, -0.1) is 0 Å².